The summed E-state index contributed by atoms with van der Waals surface area (Å²) in [6, 6.07) is 0. The fourth-order valence-corrected chi connectivity index (χ4v) is 1.13. The number of hydrogen-bond donors (Lipinski definition) is 1. The quantitative estimate of drug-likeness (QED) is 0.499. The van der Waals surface area contributed by atoms with Crippen molar-refractivity contribution in [3.8, 4) is 0 Å². The van der Waals surface area contributed by atoms with E-state index in [4.69, 9.17) is 4.74 Å². The van der Waals surface area contributed by atoms with Crippen LogP contribution in [0, 0.1) is 0 Å². The monoisotopic (exact) mass is 147 g/mol. The molecule has 1 saturated heterocycles. The minimum absolute atomic E-state index is 0. The van der Waals surface area contributed by atoms with E-state index in [1.807, 2.05) is 0 Å². The number of hydrogen-bond acceptors (Lipinski definition) is 2. The van der Waals surface area contributed by atoms with Gasteiger partial charge in [0.25, 0.3) is 0 Å². The zero-order valence-corrected chi connectivity index (χ0v) is 5.91. The van der Waals surface area contributed by atoms with E-state index in [1.54, 1.807) is 0 Å². The predicted octanol–water partition coefficient (Wildman–Crippen LogP) is 0.337. The molecular formula is C6H10ClNO. The number of nitrogens with one attached hydrogen (secondary N) is 1. The molecule has 0 aromatic carbocycles. The van der Waals surface area contributed by atoms with Gasteiger partial charge in [0, 0.05) is 6.54 Å². The average Bonchev–Trinajstić information content (AvgIpc) is 2.07. The van der Waals surface area contributed by atoms with E-state index in [0.29, 0.717) is 0 Å². The minimum Gasteiger partial charge on any atom is -0.377 e. The fourth-order valence-electron chi connectivity index (χ4n) is 1.13. The molecule has 2 aliphatic rings. The lowest BCUT2D eigenvalue weighted by Gasteiger charge is -2.36. The summed E-state index contributed by atoms with van der Waals surface area (Å²) in [6.07, 6.45) is 4.36. The van der Waals surface area contributed by atoms with Crippen LogP contribution in [0.4, 0.5) is 0 Å². The lowest BCUT2D eigenvalue weighted by molar-refractivity contribution is -0.0421. The van der Waals surface area contributed by atoms with Crippen LogP contribution < -0.4 is 5.32 Å². The van der Waals surface area contributed by atoms with Crippen molar-refractivity contribution in [3.05, 3.63) is 12.2 Å². The zero-order valence-electron chi connectivity index (χ0n) is 5.09. The molecule has 1 spiro atoms. The first-order valence-corrected chi connectivity index (χ1v) is 2.92. The van der Waals surface area contributed by atoms with Crippen molar-refractivity contribution in [3.63, 3.8) is 0 Å². The van der Waals surface area contributed by atoms with Crippen LogP contribution >= 0.6 is 12.4 Å². The summed E-state index contributed by atoms with van der Waals surface area (Å²) >= 11 is 0. The summed E-state index contributed by atoms with van der Waals surface area (Å²) < 4.78 is 5.05. The molecule has 9 heavy (non-hydrogen) atoms. The fraction of sp³-hybridized carbons (Fsp3) is 0.667. The third-order valence-electron chi connectivity index (χ3n) is 1.73. The molecule has 2 heterocycles. The molecule has 0 aliphatic carbocycles. The summed E-state index contributed by atoms with van der Waals surface area (Å²) in [6.45, 7) is 2.75. The first-order valence-electron chi connectivity index (χ1n) is 2.92. The largest absolute Gasteiger partial charge is 0.377 e. The van der Waals surface area contributed by atoms with Crippen LogP contribution in [0.5, 0.6) is 0 Å². The van der Waals surface area contributed by atoms with Gasteiger partial charge in [-0.25, -0.2) is 0 Å². The molecule has 0 amide bonds. The van der Waals surface area contributed by atoms with E-state index < -0.39 is 0 Å². The van der Waals surface area contributed by atoms with Crippen molar-refractivity contribution in [1.29, 1.82) is 0 Å². The Morgan fingerprint density at radius 1 is 1.44 bits per heavy atom. The summed E-state index contributed by atoms with van der Waals surface area (Å²) in [5, 5.41) is 3.33. The van der Waals surface area contributed by atoms with Crippen LogP contribution in [-0.2, 0) is 4.74 Å². The Balaban J connectivity index is 0.000000405. The van der Waals surface area contributed by atoms with Gasteiger partial charge in [-0.1, -0.05) is 12.2 Å². The highest BCUT2D eigenvalue weighted by Gasteiger charge is 2.36. The van der Waals surface area contributed by atoms with Gasteiger partial charge in [0.15, 0.2) is 0 Å². The molecule has 0 saturated carbocycles. The molecule has 0 aromatic heterocycles. The van der Waals surface area contributed by atoms with Gasteiger partial charge in [0.1, 0.15) is 0 Å². The molecule has 1 N–H and O–H groups in total. The summed E-state index contributed by atoms with van der Waals surface area (Å²) in [7, 11) is 0. The van der Waals surface area contributed by atoms with Crippen LogP contribution in [0.3, 0.4) is 0 Å². The van der Waals surface area contributed by atoms with Gasteiger partial charge in [-0.2, -0.15) is 0 Å². The van der Waals surface area contributed by atoms with E-state index in [1.165, 1.54) is 0 Å². The number of halogens is 1. The maximum Gasteiger partial charge on any atom is 0.0841 e. The van der Waals surface area contributed by atoms with E-state index in [9.17, 15) is 0 Å². The van der Waals surface area contributed by atoms with Gasteiger partial charge in [-0.3, -0.25) is 0 Å². The van der Waals surface area contributed by atoms with Crippen LogP contribution in [0.2, 0.25) is 0 Å². The SMILES string of the molecule is C1=CC2(COC2)NC1.Cl. The van der Waals surface area contributed by atoms with Crippen LogP contribution in [0.1, 0.15) is 0 Å². The second kappa shape index (κ2) is 2.29. The van der Waals surface area contributed by atoms with Crippen molar-refractivity contribution in [2.75, 3.05) is 19.8 Å². The van der Waals surface area contributed by atoms with Crippen molar-refractivity contribution in [2.24, 2.45) is 0 Å². The molecular weight excluding hydrogens is 138 g/mol. The second-order valence-corrected chi connectivity index (χ2v) is 2.43. The molecule has 0 unspecified atom stereocenters. The maximum atomic E-state index is 5.05. The highest BCUT2D eigenvalue weighted by Crippen LogP contribution is 2.20. The third kappa shape index (κ3) is 0.980. The van der Waals surface area contributed by atoms with E-state index >= 15 is 0 Å². The van der Waals surface area contributed by atoms with Gasteiger partial charge in [-0.05, 0) is 0 Å². The first kappa shape index (κ1) is 7.06. The second-order valence-electron chi connectivity index (χ2n) is 2.43. The van der Waals surface area contributed by atoms with Crippen LogP contribution in [-0.4, -0.2) is 25.3 Å². The molecule has 52 valence electrons. The van der Waals surface area contributed by atoms with Gasteiger partial charge >= 0.3 is 0 Å². The normalized spacial score (nSPS) is 27.6. The van der Waals surface area contributed by atoms with Gasteiger partial charge in [0.05, 0.1) is 18.8 Å². The lowest BCUT2D eigenvalue weighted by Crippen LogP contribution is -2.56. The summed E-state index contributed by atoms with van der Waals surface area (Å²) in [5.74, 6) is 0. The maximum absolute atomic E-state index is 5.05. The smallest absolute Gasteiger partial charge is 0.0841 e. The average molecular weight is 148 g/mol. The number of ether oxygens (including phenoxy) is 1. The highest BCUT2D eigenvalue weighted by molar-refractivity contribution is 5.85. The van der Waals surface area contributed by atoms with Crippen molar-refractivity contribution in [2.45, 2.75) is 5.54 Å². The molecule has 0 aromatic rings. The molecule has 1 fully saturated rings. The van der Waals surface area contributed by atoms with Crippen molar-refractivity contribution in [1.82, 2.24) is 5.32 Å². The minimum atomic E-state index is 0. The van der Waals surface area contributed by atoms with Crippen LogP contribution in [0.25, 0.3) is 0 Å². The molecule has 0 atom stereocenters. The van der Waals surface area contributed by atoms with Gasteiger partial charge in [-0.15, -0.1) is 12.4 Å². The Morgan fingerprint density at radius 2 is 2.22 bits per heavy atom. The molecule has 3 heteroatoms. The van der Waals surface area contributed by atoms with E-state index in [-0.39, 0.29) is 17.9 Å². The Kier molecular flexibility index (Phi) is 1.80. The Bertz CT molecular complexity index is 131. The third-order valence-corrected chi connectivity index (χ3v) is 1.73. The standard InChI is InChI=1S/C6H9NO.ClH/c1-2-6(7-3-1)4-8-5-6;/h1-2,7H,3-5H2;1H. The lowest BCUT2D eigenvalue weighted by atomic mass is 10.0. The van der Waals surface area contributed by atoms with Crippen LogP contribution in [0.15, 0.2) is 12.2 Å². The zero-order chi connectivity index (χ0) is 5.45. The Hall–Kier alpha value is -0.0500. The highest BCUT2D eigenvalue weighted by atomic mass is 35.5. The summed E-state index contributed by atoms with van der Waals surface area (Å²) in [5.41, 5.74) is 0.264. The predicted molar refractivity (Wildman–Crippen MR) is 37.9 cm³/mol. The number of rotatable bonds is 0. The van der Waals surface area contributed by atoms with E-state index in [0.717, 1.165) is 19.8 Å². The van der Waals surface area contributed by atoms with Crippen molar-refractivity contribution >= 4 is 12.4 Å². The van der Waals surface area contributed by atoms with E-state index in [2.05, 4.69) is 17.5 Å². The molecule has 0 bridgehead atoms. The molecule has 2 nitrogen and oxygen atoms in total. The van der Waals surface area contributed by atoms with Gasteiger partial charge in [0.2, 0.25) is 0 Å². The van der Waals surface area contributed by atoms with Gasteiger partial charge < -0.3 is 10.1 Å². The summed E-state index contributed by atoms with van der Waals surface area (Å²) in [4.78, 5) is 0. The first-order chi connectivity index (χ1) is 3.91. The topological polar surface area (TPSA) is 21.3 Å². The molecule has 0 radical (unpaired) electrons. The Morgan fingerprint density at radius 3 is 2.44 bits per heavy atom. The molecule has 2 rings (SSSR count). The van der Waals surface area contributed by atoms with Crippen molar-refractivity contribution < 1.29 is 4.74 Å². The molecule has 2 aliphatic heterocycles. The Labute approximate surface area is 60.7 Å².